The Labute approximate surface area is 180 Å². The largest absolute Gasteiger partial charge is 0.522 e. The van der Waals surface area contributed by atoms with Gasteiger partial charge in [0.15, 0.2) is 5.58 Å². The highest BCUT2D eigenvalue weighted by atomic mass is 35.5. The van der Waals surface area contributed by atoms with Gasteiger partial charge in [-0.3, -0.25) is 19.6 Å². The van der Waals surface area contributed by atoms with Gasteiger partial charge in [-0.25, -0.2) is 0 Å². The SMILES string of the molecule is O=C(Nc1nc2cc(Cl)ccc2o1)C1CCC(C(=O)NC2CC(OC(F)(F)F)C2)CC1. The fourth-order valence-electron chi connectivity index (χ4n) is 4.07. The molecule has 0 atom stereocenters. The van der Waals surface area contributed by atoms with Crippen LogP contribution in [-0.2, 0) is 14.3 Å². The molecule has 0 unspecified atom stereocenters. The highest BCUT2D eigenvalue weighted by Gasteiger charge is 2.41. The molecule has 31 heavy (non-hydrogen) atoms. The van der Waals surface area contributed by atoms with E-state index in [0.717, 1.165) is 0 Å². The lowest BCUT2D eigenvalue weighted by atomic mass is 9.80. The fourth-order valence-corrected chi connectivity index (χ4v) is 4.23. The number of aromatic nitrogens is 1. The van der Waals surface area contributed by atoms with E-state index in [9.17, 15) is 22.8 Å². The number of alkyl halides is 3. The molecule has 2 N–H and O–H groups in total. The van der Waals surface area contributed by atoms with Crippen molar-refractivity contribution in [3.8, 4) is 0 Å². The molecule has 2 aromatic rings. The first-order valence-corrected chi connectivity index (χ1v) is 10.5. The second-order valence-corrected chi connectivity index (χ2v) is 8.47. The van der Waals surface area contributed by atoms with E-state index in [1.54, 1.807) is 18.2 Å². The third-order valence-electron chi connectivity index (χ3n) is 5.79. The number of rotatable bonds is 5. The number of oxazole rings is 1. The lowest BCUT2D eigenvalue weighted by Gasteiger charge is -2.37. The molecule has 1 heterocycles. The van der Waals surface area contributed by atoms with Crippen LogP contribution in [0.1, 0.15) is 38.5 Å². The van der Waals surface area contributed by atoms with Gasteiger partial charge in [-0.15, -0.1) is 13.2 Å². The van der Waals surface area contributed by atoms with Crippen LogP contribution in [0.4, 0.5) is 19.2 Å². The van der Waals surface area contributed by atoms with Crippen LogP contribution in [-0.4, -0.2) is 35.3 Å². The Morgan fingerprint density at radius 3 is 2.39 bits per heavy atom. The van der Waals surface area contributed by atoms with Crippen LogP contribution in [0, 0.1) is 11.8 Å². The number of hydrogen-bond acceptors (Lipinski definition) is 5. The maximum absolute atomic E-state index is 12.5. The molecule has 2 amide bonds. The Kier molecular flexibility index (Phi) is 6.11. The monoisotopic (exact) mass is 459 g/mol. The first kappa shape index (κ1) is 21.9. The van der Waals surface area contributed by atoms with Gasteiger partial charge in [0, 0.05) is 22.9 Å². The van der Waals surface area contributed by atoms with Crippen LogP contribution in [0.3, 0.4) is 0 Å². The predicted octanol–water partition coefficient (Wildman–Crippen LogP) is 4.41. The van der Waals surface area contributed by atoms with E-state index in [4.69, 9.17) is 16.0 Å². The van der Waals surface area contributed by atoms with Gasteiger partial charge in [-0.2, -0.15) is 4.98 Å². The summed E-state index contributed by atoms with van der Waals surface area (Å²) in [5.41, 5.74) is 1.06. The van der Waals surface area contributed by atoms with Crippen molar-refractivity contribution in [1.29, 1.82) is 0 Å². The van der Waals surface area contributed by atoms with Crippen molar-refractivity contribution in [2.24, 2.45) is 11.8 Å². The molecule has 4 rings (SSSR count). The number of carbonyl (C=O) groups excluding carboxylic acids is 2. The van der Waals surface area contributed by atoms with Gasteiger partial charge in [-0.1, -0.05) is 11.6 Å². The summed E-state index contributed by atoms with van der Waals surface area (Å²) in [6, 6.07) is 4.78. The Balaban J connectivity index is 1.21. The van der Waals surface area contributed by atoms with E-state index in [1.165, 1.54) is 0 Å². The zero-order valence-corrected chi connectivity index (χ0v) is 17.1. The molecule has 0 saturated heterocycles. The second-order valence-electron chi connectivity index (χ2n) is 8.03. The van der Waals surface area contributed by atoms with Crippen molar-refractivity contribution in [3.63, 3.8) is 0 Å². The van der Waals surface area contributed by atoms with Crippen LogP contribution in [0.25, 0.3) is 11.1 Å². The highest BCUT2D eigenvalue weighted by molar-refractivity contribution is 6.31. The molecule has 168 valence electrons. The number of anilines is 1. The van der Waals surface area contributed by atoms with Crippen LogP contribution in [0.15, 0.2) is 22.6 Å². The van der Waals surface area contributed by atoms with E-state index >= 15 is 0 Å². The first-order valence-electron chi connectivity index (χ1n) is 10.1. The van der Waals surface area contributed by atoms with E-state index in [0.29, 0.717) is 41.8 Å². The summed E-state index contributed by atoms with van der Waals surface area (Å²) in [7, 11) is 0. The van der Waals surface area contributed by atoms with Crippen LogP contribution < -0.4 is 10.6 Å². The number of nitrogens with zero attached hydrogens (tertiary/aromatic N) is 1. The average molecular weight is 460 g/mol. The second kappa shape index (κ2) is 8.66. The lowest BCUT2D eigenvalue weighted by molar-refractivity contribution is -0.351. The molecule has 2 fully saturated rings. The maximum atomic E-state index is 12.5. The third-order valence-corrected chi connectivity index (χ3v) is 6.03. The summed E-state index contributed by atoms with van der Waals surface area (Å²) in [5.74, 6) is -0.915. The average Bonchev–Trinajstić information content (AvgIpc) is 3.06. The third kappa shape index (κ3) is 5.48. The predicted molar refractivity (Wildman–Crippen MR) is 105 cm³/mol. The van der Waals surface area contributed by atoms with Crippen molar-refractivity contribution < 1.29 is 31.9 Å². The van der Waals surface area contributed by atoms with Gasteiger partial charge in [0.1, 0.15) is 5.52 Å². The number of nitrogens with one attached hydrogen (secondary N) is 2. The lowest BCUT2D eigenvalue weighted by Crippen LogP contribution is -2.51. The zero-order chi connectivity index (χ0) is 22.2. The standard InChI is InChI=1S/C20H21ClF3N3O4/c21-12-5-6-16-15(7-12)26-19(30-16)27-18(29)11-3-1-10(2-4-11)17(28)25-13-8-14(9-13)31-20(22,23)24/h5-7,10-11,13-14H,1-4,8-9H2,(H,25,28)(H,26,27,29). The van der Waals surface area contributed by atoms with Gasteiger partial charge in [-0.05, 0) is 56.7 Å². The normalized spacial score (nSPS) is 26.3. The number of halogens is 4. The number of amides is 2. The smallest absolute Gasteiger partial charge is 0.423 e. The Morgan fingerprint density at radius 2 is 1.74 bits per heavy atom. The number of carbonyl (C=O) groups is 2. The summed E-state index contributed by atoms with van der Waals surface area (Å²) in [4.78, 5) is 29.1. The molecular weight excluding hydrogens is 439 g/mol. The summed E-state index contributed by atoms with van der Waals surface area (Å²) in [6.07, 6.45) is -3.13. The molecule has 11 heteroatoms. The Hall–Kier alpha value is -2.33. The van der Waals surface area contributed by atoms with E-state index in [1.807, 2.05) is 0 Å². The molecule has 7 nitrogen and oxygen atoms in total. The summed E-state index contributed by atoms with van der Waals surface area (Å²) < 4.78 is 45.9. The van der Waals surface area contributed by atoms with Crippen LogP contribution >= 0.6 is 11.6 Å². The molecule has 2 aliphatic rings. The maximum Gasteiger partial charge on any atom is 0.522 e. The van der Waals surface area contributed by atoms with Crippen molar-refractivity contribution in [2.75, 3.05) is 5.32 Å². The quantitative estimate of drug-likeness (QED) is 0.690. The van der Waals surface area contributed by atoms with Crippen LogP contribution in [0.5, 0.6) is 0 Å². The fraction of sp³-hybridized carbons (Fsp3) is 0.550. The number of hydrogen-bond donors (Lipinski definition) is 2. The topological polar surface area (TPSA) is 93.5 Å². The zero-order valence-electron chi connectivity index (χ0n) is 16.4. The molecule has 1 aromatic carbocycles. The molecule has 1 aromatic heterocycles. The summed E-state index contributed by atoms with van der Waals surface area (Å²) in [6.45, 7) is 0. The van der Waals surface area contributed by atoms with Gasteiger partial charge >= 0.3 is 12.4 Å². The molecule has 0 spiro atoms. The highest BCUT2D eigenvalue weighted by Crippen LogP contribution is 2.33. The molecule has 0 bridgehead atoms. The summed E-state index contributed by atoms with van der Waals surface area (Å²) >= 11 is 5.92. The van der Waals surface area contributed by atoms with E-state index in [-0.39, 0.29) is 48.5 Å². The minimum absolute atomic E-state index is 0.0998. The van der Waals surface area contributed by atoms with Gasteiger partial charge in [0.25, 0.3) is 0 Å². The number of benzene rings is 1. The minimum atomic E-state index is -4.65. The Morgan fingerprint density at radius 1 is 1.10 bits per heavy atom. The molecule has 0 radical (unpaired) electrons. The molecule has 2 aliphatic carbocycles. The van der Waals surface area contributed by atoms with E-state index < -0.39 is 12.5 Å². The van der Waals surface area contributed by atoms with Crippen molar-refractivity contribution in [2.45, 2.75) is 57.0 Å². The van der Waals surface area contributed by atoms with E-state index in [2.05, 4.69) is 20.4 Å². The first-order chi connectivity index (χ1) is 14.7. The minimum Gasteiger partial charge on any atom is -0.423 e. The van der Waals surface area contributed by atoms with Gasteiger partial charge in [0.05, 0.1) is 6.10 Å². The Bertz CT molecular complexity index is 966. The van der Waals surface area contributed by atoms with Crippen molar-refractivity contribution in [1.82, 2.24) is 10.3 Å². The molecule has 0 aliphatic heterocycles. The van der Waals surface area contributed by atoms with Crippen molar-refractivity contribution in [3.05, 3.63) is 23.2 Å². The molecular formula is C20H21ClF3N3O4. The van der Waals surface area contributed by atoms with Crippen LogP contribution in [0.2, 0.25) is 5.02 Å². The number of ether oxygens (including phenoxy) is 1. The van der Waals surface area contributed by atoms with Gasteiger partial charge < -0.3 is 9.73 Å². The molecule has 2 saturated carbocycles. The number of fused-ring (bicyclic) bond motifs is 1. The van der Waals surface area contributed by atoms with Gasteiger partial charge in [0.2, 0.25) is 11.8 Å². The summed E-state index contributed by atoms with van der Waals surface area (Å²) in [5, 5.41) is 5.97. The van der Waals surface area contributed by atoms with Crippen molar-refractivity contribution >= 4 is 40.5 Å².